The van der Waals surface area contributed by atoms with Gasteiger partial charge in [-0.25, -0.2) is 0 Å². The normalized spacial score (nSPS) is 16.0. The zero-order chi connectivity index (χ0) is 23.3. The molecular weight excluding hydrogens is 436 g/mol. The Morgan fingerprint density at radius 2 is 2.06 bits per heavy atom. The van der Waals surface area contributed by atoms with Crippen LogP contribution in [0.15, 0.2) is 36.5 Å². The standard InChI is InChI=1S/C25H26N4O3S/c1-14-8-10-29(13-14)25(31)21-12-18-23(33-21)20(7-9-27-18)32-16-5-6-17-19(11-16)28(4)15(2)22(17)24(30)26-3/h5-7,9,11-12,14H,8,10,13H2,1-4H3,(H,26,30). The van der Waals surface area contributed by atoms with E-state index in [0.717, 1.165) is 46.3 Å². The number of thiophene rings is 1. The topological polar surface area (TPSA) is 76.5 Å². The van der Waals surface area contributed by atoms with E-state index in [1.807, 2.05) is 53.8 Å². The van der Waals surface area contributed by atoms with Gasteiger partial charge in [0, 0.05) is 56.6 Å². The van der Waals surface area contributed by atoms with Crippen LogP contribution in [0.1, 0.15) is 39.1 Å². The number of ether oxygens (including phenoxy) is 1. The van der Waals surface area contributed by atoms with Gasteiger partial charge in [0.25, 0.3) is 11.8 Å². The van der Waals surface area contributed by atoms with Gasteiger partial charge >= 0.3 is 0 Å². The van der Waals surface area contributed by atoms with E-state index in [0.29, 0.717) is 27.9 Å². The molecule has 1 atom stereocenters. The van der Waals surface area contributed by atoms with E-state index in [1.165, 1.54) is 11.3 Å². The Labute approximate surface area is 196 Å². The van der Waals surface area contributed by atoms with Gasteiger partial charge in [0.15, 0.2) is 0 Å². The van der Waals surface area contributed by atoms with Crippen molar-refractivity contribution in [2.75, 3.05) is 20.1 Å². The minimum Gasteiger partial charge on any atom is -0.456 e. The first kappa shape index (κ1) is 21.5. The third-order valence-electron chi connectivity index (χ3n) is 6.44. The summed E-state index contributed by atoms with van der Waals surface area (Å²) >= 11 is 1.42. The van der Waals surface area contributed by atoms with Gasteiger partial charge in [-0.1, -0.05) is 6.92 Å². The zero-order valence-electron chi connectivity index (χ0n) is 19.1. The maximum atomic E-state index is 13.0. The first-order chi connectivity index (χ1) is 15.9. The molecule has 0 bridgehead atoms. The van der Waals surface area contributed by atoms with E-state index in [-0.39, 0.29) is 11.8 Å². The second-order valence-electron chi connectivity index (χ2n) is 8.66. The zero-order valence-corrected chi connectivity index (χ0v) is 20.0. The van der Waals surface area contributed by atoms with Crippen LogP contribution in [0.2, 0.25) is 0 Å². The van der Waals surface area contributed by atoms with Crippen molar-refractivity contribution in [1.82, 2.24) is 19.8 Å². The van der Waals surface area contributed by atoms with Crippen molar-refractivity contribution < 1.29 is 14.3 Å². The van der Waals surface area contributed by atoms with Crippen molar-refractivity contribution in [3.05, 3.63) is 52.7 Å². The fraction of sp³-hybridized carbons (Fsp3) is 0.320. The predicted molar refractivity (Wildman–Crippen MR) is 130 cm³/mol. The van der Waals surface area contributed by atoms with Crippen molar-refractivity contribution in [1.29, 1.82) is 0 Å². The second-order valence-corrected chi connectivity index (χ2v) is 9.71. The summed E-state index contributed by atoms with van der Waals surface area (Å²) in [7, 11) is 3.58. The molecule has 3 aromatic heterocycles. The van der Waals surface area contributed by atoms with Gasteiger partial charge in [0.05, 0.1) is 26.2 Å². The smallest absolute Gasteiger partial charge is 0.264 e. The molecule has 7 nitrogen and oxygen atoms in total. The molecule has 1 fully saturated rings. The van der Waals surface area contributed by atoms with Crippen LogP contribution < -0.4 is 10.1 Å². The van der Waals surface area contributed by atoms with Gasteiger partial charge < -0.3 is 19.5 Å². The predicted octanol–water partition coefficient (Wildman–Crippen LogP) is 4.73. The molecule has 0 saturated carbocycles. The van der Waals surface area contributed by atoms with Crippen LogP contribution in [0.25, 0.3) is 21.1 Å². The number of aryl methyl sites for hydroxylation is 1. The number of nitrogens with zero attached hydrogens (tertiary/aromatic N) is 3. The van der Waals surface area contributed by atoms with Crippen molar-refractivity contribution in [3.63, 3.8) is 0 Å². The minimum absolute atomic E-state index is 0.0655. The van der Waals surface area contributed by atoms with Crippen molar-refractivity contribution >= 4 is 44.3 Å². The molecule has 5 rings (SSSR count). The molecule has 2 amide bonds. The number of fused-ring (bicyclic) bond motifs is 2. The summed E-state index contributed by atoms with van der Waals surface area (Å²) in [4.78, 5) is 32.4. The van der Waals surface area contributed by atoms with Crippen molar-refractivity contribution in [2.24, 2.45) is 13.0 Å². The number of likely N-dealkylation sites (tertiary alicyclic amines) is 1. The summed E-state index contributed by atoms with van der Waals surface area (Å²) in [6.45, 7) is 5.72. The van der Waals surface area contributed by atoms with Crippen LogP contribution in [0, 0.1) is 12.8 Å². The molecule has 1 aromatic carbocycles. The highest BCUT2D eigenvalue weighted by Gasteiger charge is 2.26. The molecule has 170 valence electrons. The SMILES string of the molecule is CNC(=O)c1c(C)n(C)c2cc(Oc3ccnc4cc(C(=O)N5CCC(C)C5)sc34)ccc12. The molecule has 1 aliphatic rings. The van der Waals surface area contributed by atoms with Gasteiger partial charge in [0.1, 0.15) is 11.5 Å². The van der Waals surface area contributed by atoms with Crippen LogP contribution in [0.3, 0.4) is 0 Å². The molecule has 8 heteroatoms. The fourth-order valence-corrected chi connectivity index (χ4v) is 5.55. The Kier molecular flexibility index (Phi) is 5.32. The summed E-state index contributed by atoms with van der Waals surface area (Å²) in [6, 6.07) is 9.40. The molecule has 1 N–H and O–H groups in total. The lowest BCUT2D eigenvalue weighted by molar-refractivity contribution is 0.0792. The Bertz CT molecular complexity index is 1400. The monoisotopic (exact) mass is 462 g/mol. The fourth-order valence-electron chi connectivity index (χ4n) is 4.52. The molecule has 0 aliphatic carbocycles. The molecule has 1 saturated heterocycles. The van der Waals surface area contributed by atoms with Crippen LogP contribution in [0.5, 0.6) is 11.5 Å². The third-order valence-corrected chi connectivity index (χ3v) is 7.57. The number of hydrogen-bond acceptors (Lipinski definition) is 5. The van der Waals surface area contributed by atoms with Crippen LogP contribution in [-0.2, 0) is 7.05 Å². The van der Waals surface area contributed by atoms with Crippen LogP contribution in [0.4, 0.5) is 0 Å². The summed E-state index contributed by atoms with van der Waals surface area (Å²) in [5, 5.41) is 3.60. The molecule has 1 aliphatic heterocycles. The van der Waals surface area contributed by atoms with E-state index in [2.05, 4.69) is 17.2 Å². The number of pyridine rings is 1. The lowest BCUT2D eigenvalue weighted by atomic mass is 10.1. The third kappa shape index (κ3) is 3.64. The highest BCUT2D eigenvalue weighted by Crippen LogP contribution is 2.37. The Balaban J connectivity index is 1.49. The number of nitrogens with one attached hydrogen (secondary N) is 1. The lowest BCUT2D eigenvalue weighted by Crippen LogP contribution is -2.27. The van der Waals surface area contributed by atoms with Crippen molar-refractivity contribution in [2.45, 2.75) is 20.3 Å². The number of carbonyl (C=O) groups is 2. The maximum absolute atomic E-state index is 13.0. The number of hydrogen-bond donors (Lipinski definition) is 1. The molecule has 4 heterocycles. The number of benzene rings is 1. The molecule has 1 unspecified atom stereocenters. The Morgan fingerprint density at radius 3 is 2.79 bits per heavy atom. The average molecular weight is 463 g/mol. The summed E-state index contributed by atoms with van der Waals surface area (Å²) in [5.41, 5.74) is 3.24. The molecular formula is C25H26N4O3S. The minimum atomic E-state index is -0.106. The summed E-state index contributed by atoms with van der Waals surface area (Å²) in [6.07, 6.45) is 2.75. The van der Waals surface area contributed by atoms with Crippen LogP contribution in [-0.4, -0.2) is 46.4 Å². The molecule has 0 spiro atoms. The van der Waals surface area contributed by atoms with E-state index in [9.17, 15) is 9.59 Å². The van der Waals surface area contributed by atoms with Crippen LogP contribution >= 0.6 is 11.3 Å². The Morgan fingerprint density at radius 1 is 1.24 bits per heavy atom. The van der Waals surface area contributed by atoms with Gasteiger partial charge in [-0.15, -0.1) is 11.3 Å². The van der Waals surface area contributed by atoms with E-state index >= 15 is 0 Å². The highest BCUT2D eigenvalue weighted by atomic mass is 32.1. The number of carbonyl (C=O) groups excluding carboxylic acids is 2. The second kappa shape index (κ2) is 8.19. The lowest BCUT2D eigenvalue weighted by Gasteiger charge is -2.14. The highest BCUT2D eigenvalue weighted by molar-refractivity contribution is 7.21. The van der Waals surface area contributed by atoms with Gasteiger partial charge in [-0.3, -0.25) is 14.6 Å². The first-order valence-electron chi connectivity index (χ1n) is 11.0. The summed E-state index contributed by atoms with van der Waals surface area (Å²) < 4.78 is 9.10. The summed E-state index contributed by atoms with van der Waals surface area (Å²) in [5.74, 6) is 1.83. The number of amides is 2. The van der Waals surface area contributed by atoms with Crippen molar-refractivity contribution in [3.8, 4) is 11.5 Å². The quantitative estimate of drug-likeness (QED) is 0.476. The van der Waals surface area contributed by atoms with E-state index in [1.54, 1.807) is 13.2 Å². The first-order valence-corrected chi connectivity index (χ1v) is 11.9. The average Bonchev–Trinajstić information content (AvgIpc) is 3.51. The van der Waals surface area contributed by atoms with E-state index < -0.39 is 0 Å². The largest absolute Gasteiger partial charge is 0.456 e. The van der Waals surface area contributed by atoms with Gasteiger partial charge in [-0.2, -0.15) is 0 Å². The molecule has 4 aromatic rings. The number of rotatable bonds is 4. The molecule has 0 radical (unpaired) electrons. The molecule has 33 heavy (non-hydrogen) atoms. The van der Waals surface area contributed by atoms with E-state index in [4.69, 9.17) is 4.74 Å². The number of aromatic nitrogens is 2. The maximum Gasteiger partial charge on any atom is 0.264 e. The Hall–Kier alpha value is -3.39. The van der Waals surface area contributed by atoms with Gasteiger partial charge in [-0.05, 0) is 37.5 Å². The van der Waals surface area contributed by atoms with Gasteiger partial charge in [0.2, 0.25) is 0 Å².